The summed E-state index contributed by atoms with van der Waals surface area (Å²) in [6.07, 6.45) is 4.48. The minimum Gasteiger partial charge on any atom is -0.465 e. The standard InChI is InChI=1S/C26H31N5O4/c1-34-25(32)20-16-18(24(29)30-12-4-5-13-30)10-11-22(20)35-26(33)21-9-2-3-14-31(21)19-8-6-7-17(15-19)23(27)28/h6-8,10-11,15-16,21,29H,2-5,9,12-14H2,1H3,(H3,27,28)/t21-/m1/s1. The zero-order chi connectivity index (χ0) is 24.9. The van der Waals surface area contributed by atoms with Gasteiger partial charge < -0.3 is 25.0 Å². The van der Waals surface area contributed by atoms with Crippen LogP contribution in [0.1, 0.15) is 53.6 Å². The smallest absolute Gasteiger partial charge is 0.341 e. The van der Waals surface area contributed by atoms with Crippen molar-refractivity contribution in [1.82, 2.24) is 4.90 Å². The van der Waals surface area contributed by atoms with Gasteiger partial charge in [0.05, 0.1) is 7.11 Å². The van der Waals surface area contributed by atoms with Crippen LogP contribution in [0.3, 0.4) is 0 Å². The van der Waals surface area contributed by atoms with Crippen LogP contribution in [-0.2, 0) is 9.53 Å². The molecular formula is C26H31N5O4. The van der Waals surface area contributed by atoms with Gasteiger partial charge in [-0.1, -0.05) is 12.1 Å². The zero-order valence-corrected chi connectivity index (χ0v) is 19.9. The Morgan fingerprint density at radius 3 is 2.43 bits per heavy atom. The van der Waals surface area contributed by atoms with E-state index in [2.05, 4.69) is 0 Å². The number of piperidine rings is 1. The molecule has 0 aliphatic carbocycles. The van der Waals surface area contributed by atoms with Crippen molar-refractivity contribution < 1.29 is 19.1 Å². The Kier molecular flexibility index (Phi) is 7.33. The topological polar surface area (TPSA) is 133 Å². The predicted octanol–water partition coefficient (Wildman–Crippen LogP) is 3.14. The minimum absolute atomic E-state index is 0.0368. The summed E-state index contributed by atoms with van der Waals surface area (Å²) in [5, 5.41) is 16.2. The third-order valence-electron chi connectivity index (χ3n) is 6.55. The van der Waals surface area contributed by atoms with Gasteiger partial charge in [0.25, 0.3) is 0 Å². The van der Waals surface area contributed by atoms with Crippen LogP contribution in [0.15, 0.2) is 42.5 Å². The van der Waals surface area contributed by atoms with E-state index in [-0.39, 0.29) is 17.1 Å². The summed E-state index contributed by atoms with van der Waals surface area (Å²) in [6.45, 7) is 2.29. The maximum absolute atomic E-state index is 13.3. The number of amidine groups is 2. The molecule has 35 heavy (non-hydrogen) atoms. The third kappa shape index (κ3) is 5.29. The quantitative estimate of drug-likeness (QED) is 0.252. The lowest BCUT2D eigenvalue weighted by Crippen LogP contribution is -2.46. The Labute approximate surface area is 204 Å². The first-order valence-corrected chi connectivity index (χ1v) is 11.9. The second kappa shape index (κ2) is 10.6. The van der Waals surface area contributed by atoms with Crippen LogP contribution in [0.4, 0.5) is 5.69 Å². The largest absolute Gasteiger partial charge is 0.465 e. The predicted molar refractivity (Wildman–Crippen MR) is 133 cm³/mol. The molecular weight excluding hydrogens is 446 g/mol. The van der Waals surface area contributed by atoms with Crippen LogP contribution in [0.25, 0.3) is 0 Å². The molecule has 2 aliphatic heterocycles. The fourth-order valence-electron chi connectivity index (χ4n) is 4.67. The number of hydrogen-bond acceptors (Lipinski definition) is 7. The first-order valence-electron chi connectivity index (χ1n) is 11.9. The minimum atomic E-state index is -0.626. The molecule has 2 fully saturated rings. The monoisotopic (exact) mass is 477 g/mol. The number of nitrogens with zero attached hydrogens (tertiary/aromatic N) is 2. The Morgan fingerprint density at radius 1 is 0.971 bits per heavy atom. The van der Waals surface area contributed by atoms with Gasteiger partial charge in [-0.05, 0) is 62.4 Å². The molecule has 0 bridgehead atoms. The van der Waals surface area contributed by atoms with Gasteiger partial charge in [-0.15, -0.1) is 0 Å². The van der Waals surface area contributed by atoms with Gasteiger partial charge >= 0.3 is 11.9 Å². The molecule has 0 amide bonds. The van der Waals surface area contributed by atoms with E-state index in [1.807, 2.05) is 21.9 Å². The van der Waals surface area contributed by atoms with Gasteiger partial charge in [-0.25, -0.2) is 9.59 Å². The highest BCUT2D eigenvalue weighted by Crippen LogP contribution is 2.29. The van der Waals surface area contributed by atoms with Crippen molar-refractivity contribution in [2.24, 2.45) is 5.73 Å². The van der Waals surface area contributed by atoms with Crippen LogP contribution in [-0.4, -0.2) is 61.3 Å². The van der Waals surface area contributed by atoms with E-state index in [9.17, 15) is 9.59 Å². The number of methoxy groups -OCH3 is 1. The molecule has 0 saturated carbocycles. The lowest BCUT2D eigenvalue weighted by atomic mass is 10.0. The molecule has 4 rings (SSSR count). The third-order valence-corrected chi connectivity index (χ3v) is 6.55. The maximum Gasteiger partial charge on any atom is 0.341 e. The van der Waals surface area contributed by atoms with Crippen molar-refractivity contribution in [3.8, 4) is 5.75 Å². The molecule has 0 unspecified atom stereocenters. The molecule has 2 aromatic carbocycles. The number of nitrogens with one attached hydrogen (secondary N) is 2. The number of nitrogens with two attached hydrogens (primary N) is 1. The molecule has 9 heteroatoms. The van der Waals surface area contributed by atoms with Crippen molar-refractivity contribution in [3.05, 3.63) is 59.2 Å². The molecule has 0 spiro atoms. The van der Waals surface area contributed by atoms with E-state index in [1.165, 1.54) is 7.11 Å². The number of ether oxygens (including phenoxy) is 2. The number of carbonyl (C=O) groups excluding carboxylic acids is 2. The molecule has 0 aromatic heterocycles. The molecule has 9 nitrogen and oxygen atoms in total. The average Bonchev–Trinajstić information content (AvgIpc) is 3.43. The number of likely N-dealkylation sites (tertiary alicyclic amines) is 1. The number of rotatable bonds is 6. The van der Waals surface area contributed by atoms with E-state index < -0.39 is 18.0 Å². The molecule has 0 radical (unpaired) electrons. The van der Waals surface area contributed by atoms with Crippen LogP contribution < -0.4 is 15.4 Å². The first kappa shape index (κ1) is 24.3. The summed E-state index contributed by atoms with van der Waals surface area (Å²) in [7, 11) is 1.28. The molecule has 2 aromatic rings. The van der Waals surface area contributed by atoms with Crippen molar-refractivity contribution in [3.63, 3.8) is 0 Å². The summed E-state index contributed by atoms with van der Waals surface area (Å²) >= 11 is 0. The van der Waals surface area contributed by atoms with Crippen LogP contribution in [0.2, 0.25) is 0 Å². The highest BCUT2D eigenvalue weighted by Gasteiger charge is 2.32. The van der Waals surface area contributed by atoms with E-state index in [0.29, 0.717) is 29.9 Å². The number of anilines is 1. The van der Waals surface area contributed by atoms with Crippen molar-refractivity contribution in [2.75, 3.05) is 31.6 Å². The number of carbonyl (C=O) groups is 2. The lowest BCUT2D eigenvalue weighted by Gasteiger charge is -2.36. The van der Waals surface area contributed by atoms with Gasteiger partial charge in [0, 0.05) is 36.4 Å². The normalized spacial score (nSPS) is 17.7. The van der Waals surface area contributed by atoms with Crippen molar-refractivity contribution >= 4 is 29.3 Å². The van der Waals surface area contributed by atoms with Gasteiger partial charge in [0.1, 0.15) is 29.0 Å². The Morgan fingerprint density at radius 2 is 1.71 bits per heavy atom. The number of esters is 2. The Balaban J connectivity index is 1.58. The number of hydrogen-bond donors (Lipinski definition) is 3. The molecule has 2 saturated heterocycles. The van der Waals surface area contributed by atoms with E-state index >= 15 is 0 Å². The lowest BCUT2D eigenvalue weighted by molar-refractivity contribution is -0.136. The summed E-state index contributed by atoms with van der Waals surface area (Å²) in [5.74, 6) is -0.675. The fraction of sp³-hybridized carbons (Fsp3) is 0.385. The van der Waals surface area contributed by atoms with Gasteiger partial charge in [0.2, 0.25) is 0 Å². The summed E-state index contributed by atoms with van der Waals surface area (Å²) < 4.78 is 10.7. The van der Waals surface area contributed by atoms with Crippen LogP contribution >= 0.6 is 0 Å². The molecule has 2 heterocycles. The second-order valence-electron chi connectivity index (χ2n) is 8.84. The van der Waals surface area contributed by atoms with Gasteiger partial charge in [-0.3, -0.25) is 10.8 Å². The van der Waals surface area contributed by atoms with Gasteiger partial charge in [-0.2, -0.15) is 0 Å². The van der Waals surface area contributed by atoms with E-state index in [0.717, 1.165) is 44.5 Å². The molecule has 184 valence electrons. The van der Waals surface area contributed by atoms with Crippen LogP contribution in [0.5, 0.6) is 5.75 Å². The number of nitrogen functional groups attached to an aromatic ring is 1. The summed E-state index contributed by atoms with van der Waals surface area (Å²) in [6, 6.07) is 11.5. The summed E-state index contributed by atoms with van der Waals surface area (Å²) in [5.41, 5.74) is 7.72. The van der Waals surface area contributed by atoms with E-state index in [1.54, 1.807) is 30.3 Å². The van der Waals surface area contributed by atoms with E-state index in [4.69, 9.17) is 26.0 Å². The fourth-order valence-corrected chi connectivity index (χ4v) is 4.67. The zero-order valence-electron chi connectivity index (χ0n) is 19.9. The Hall–Kier alpha value is -3.88. The van der Waals surface area contributed by atoms with Crippen LogP contribution in [0, 0.1) is 10.8 Å². The highest BCUT2D eigenvalue weighted by atomic mass is 16.5. The highest BCUT2D eigenvalue weighted by molar-refractivity contribution is 6.01. The molecule has 1 atom stereocenters. The molecule has 2 aliphatic rings. The first-order chi connectivity index (χ1) is 16.9. The van der Waals surface area contributed by atoms with Crippen molar-refractivity contribution in [1.29, 1.82) is 10.8 Å². The van der Waals surface area contributed by atoms with Crippen molar-refractivity contribution in [2.45, 2.75) is 38.1 Å². The summed E-state index contributed by atoms with van der Waals surface area (Å²) in [4.78, 5) is 29.8. The van der Waals surface area contributed by atoms with Gasteiger partial charge in [0.15, 0.2) is 0 Å². The molecule has 4 N–H and O–H groups in total. The number of benzene rings is 2. The SMILES string of the molecule is COC(=O)c1cc(C(=N)N2CCCC2)ccc1OC(=O)[C@H]1CCCCN1c1cccc(C(=N)N)c1. The maximum atomic E-state index is 13.3. The average molecular weight is 478 g/mol. The Bertz CT molecular complexity index is 1140. The second-order valence-corrected chi connectivity index (χ2v) is 8.84.